The summed E-state index contributed by atoms with van der Waals surface area (Å²) >= 11 is 0. The van der Waals surface area contributed by atoms with Crippen LogP contribution >= 0.6 is 0 Å². The largest absolute Gasteiger partial charge is 0.455 e. The Hall–Kier alpha value is -3.12. The van der Waals surface area contributed by atoms with E-state index in [9.17, 15) is 18.0 Å². The Morgan fingerprint density at radius 1 is 1.24 bits per heavy atom. The van der Waals surface area contributed by atoms with E-state index in [1.54, 1.807) is 27.8 Å². The Morgan fingerprint density at radius 2 is 2.09 bits per heavy atom. The Bertz CT molecular complexity index is 1190. The van der Waals surface area contributed by atoms with Gasteiger partial charge in [0.25, 0.3) is 5.91 Å². The molecule has 1 aliphatic heterocycles. The number of carbonyl (C=O) groups is 1. The zero-order valence-corrected chi connectivity index (χ0v) is 18.5. The highest BCUT2D eigenvalue weighted by Crippen LogP contribution is 2.46. The minimum absolute atomic E-state index is 0.103. The molecule has 1 aliphatic carbocycles. The van der Waals surface area contributed by atoms with Crippen molar-refractivity contribution < 1.29 is 31.9 Å². The average Bonchev–Trinajstić information content (AvgIpc) is 3.49. The number of amides is 1. The fourth-order valence-electron chi connectivity index (χ4n) is 4.34. The minimum atomic E-state index is -4.79. The molecule has 3 aromatic heterocycles. The molecule has 0 saturated carbocycles. The molecule has 1 fully saturated rings. The lowest BCUT2D eigenvalue weighted by Gasteiger charge is -2.22. The van der Waals surface area contributed by atoms with Crippen LogP contribution in [0.15, 0.2) is 22.9 Å². The lowest BCUT2D eigenvalue weighted by molar-refractivity contribution is -0.137. The van der Waals surface area contributed by atoms with Crippen LogP contribution in [0.2, 0.25) is 0 Å². The highest BCUT2D eigenvalue weighted by atomic mass is 19.4. The van der Waals surface area contributed by atoms with Gasteiger partial charge >= 0.3 is 6.18 Å². The molecular weight excluding hydrogens is 455 g/mol. The molecule has 4 heterocycles. The summed E-state index contributed by atoms with van der Waals surface area (Å²) in [5.74, 6) is -1.53. The number of alkyl halides is 3. The van der Waals surface area contributed by atoms with Gasteiger partial charge in [0.2, 0.25) is 5.76 Å². The van der Waals surface area contributed by atoms with Gasteiger partial charge in [0.15, 0.2) is 0 Å². The van der Waals surface area contributed by atoms with Crippen molar-refractivity contribution in [3.8, 4) is 11.3 Å². The van der Waals surface area contributed by atoms with E-state index >= 15 is 0 Å². The van der Waals surface area contributed by atoms with Crippen LogP contribution in [0.3, 0.4) is 0 Å². The van der Waals surface area contributed by atoms with E-state index in [4.69, 9.17) is 13.9 Å². The van der Waals surface area contributed by atoms with Gasteiger partial charge in [-0.25, -0.2) is 0 Å². The second-order valence-electron chi connectivity index (χ2n) is 8.37. The second-order valence-corrected chi connectivity index (χ2v) is 8.37. The number of rotatable bonds is 6. The molecule has 34 heavy (non-hydrogen) atoms. The molecule has 0 bridgehead atoms. The summed E-state index contributed by atoms with van der Waals surface area (Å²) in [6, 6.07) is 1.80. The summed E-state index contributed by atoms with van der Waals surface area (Å²) in [6.45, 7) is 4.00. The van der Waals surface area contributed by atoms with E-state index < -0.39 is 23.4 Å². The van der Waals surface area contributed by atoms with Gasteiger partial charge < -0.3 is 19.2 Å². The summed E-state index contributed by atoms with van der Waals surface area (Å²) in [5, 5.41) is 11.1. The third-order valence-corrected chi connectivity index (χ3v) is 5.84. The van der Waals surface area contributed by atoms with Crippen LogP contribution in [0.5, 0.6) is 0 Å². The molecule has 12 heteroatoms. The molecule has 0 aromatic carbocycles. The lowest BCUT2D eigenvalue weighted by atomic mass is 9.93. The summed E-state index contributed by atoms with van der Waals surface area (Å²) in [5.41, 5.74) is 0.443. The number of aromatic nitrogens is 4. The lowest BCUT2D eigenvalue weighted by Crippen LogP contribution is -2.32. The van der Waals surface area contributed by atoms with Gasteiger partial charge in [0.05, 0.1) is 49.9 Å². The monoisotopic (exact) mass is 479 g/mol. The first-order valence-electron chi connectivity index (χ1n) is 11.1. The van der Waals surface area contributed by atoms with E-state index in [2.05, 4.69) is 15.5 Å². The highest BCUT2D eigenvalue weighted by molar-refractivity contribution is 5.96. The van der Waals surface area contributed by atoms with Crippen LogP contribution in [-0.4, -0.2) is 57.9 Å². The number of aryl methyl sites for hydroxylation is 3. The van der Waals surface area contributed by atoms with Gasteiger partial charge in [-0.15, -0.1) is 0 Å². The van der Waals surface area contributed by atoms with Crippen molar-refractivity contribution in [1.82, 2.24) is 24.9 Å². The van der Waals surface area contributed by atoms with E-state index in [1.807, 2.05) is 6.92 Å². The maximum Gasteiger partial charge on any atom is 0.420 e. The van der Waals surface area contributed by atoms with E-state index in [-0.39, 0.29) is 36.1 Å². The fourth-order valence-corrected chi connectivity index (χ4v) is 4.34. The van der Waals surface area contributed by atoms with Crippen molar-refractivity contribution in [3.63, 3.8) is 0 Å². The van der Waals surface area contributed by atoms with Crippen molar-refractivity contribution in [1.29, 1.82) is 0 Å². The summed E-state index contributed by atoms with van der Waals surface area (Å²) in [6.07, 6.45) is -0.830. The summed E-state index contributed by atoms with van der Waals surface area (Å²) < 4.78 is 62.2. The van der Waals surface area contributed by atoms with E-state index in [1.165, 1.54) is 0 Å². The van der Waals surface area contributed by atoms with Crippen LogP contribution in [0.25, 0.3) is 11.3 Å². The number of hydrogen-bond acceptors (Lipinski definition) is 6. The molecule has 0 unspecified atom stereocenters. The number of carbonyl (C=O) groups excluding carboxylic acids is 1. The highest BCUT2D eigenvalue weighted by Gasteiger charge is 2.45. The quantitative estimate of drug-likeness (QED) is 0.584. The minimum Gasteiger partial charge on any atom is -0.455 e. The molecular formula is C22H24F3N5O4. The molecule has 9 nitrogen and oxygen atoms in total. The molecule has 1 amide bonds. The molecule has 0 radical (unpaired) electrons. The summed E-state index contributed by atoms with van der Waals surface area (Å²) in [7, 11) is 0. The zero-order valence-electron chi connectivity index (χ0n) is 18.5. The molecule has 2 aliphatic rings. The number of ether oxygens (including phenoxy) is 2. The van der Waals surface area contributed by atoms with Gasteiger partial charge in [-0.3, -0.25) is 14.2 Å². The molecule has 0 spiro atoms. The zero-order chi connectivity index (χ0) is 23.9. The van der Waals surface area contributed by atoms with Gasteiger partial charge in [0, 0.05) is 25.4 Å². The van der Waals surface area contributed by atoms with Crippen LogP contribution in [0.4, 0.5) is 13.2 Å². The topological polar surface area (TPSA) is 96.3 Å². The predicted octanol–water partition coefficient (Wildman–Crippen LogP) is 2.61. The van der Waals surface area contributed by atoms with E-state index in [0.29, 0.717) is 44.9 Å². The Morgan fingerprint density at radius 3 is 2.79 bits per heavy atom. The Labute approximate surface area is 192 Å². The maximum atomic E-state index is 14.2. The first kappa shape index (κ1) is 22.7. The van der Waals surface area contributed by atoms with Crippen molar-refractivity contribution in [2.45, 2.75) is 45.1 Å². The molecule has 182 valence electrons. The van der Waals surface area contributed by atoms with Gasteiger partial charge in [-0.05, 0) is 25.0 Å². The Kier molecular flexibility index (Phi) is 5.94. The molecule has 1 saturated heterocycles. The van der Waals surface area contributed by atoms with Gasteiger partial charge in [-0.2, -0.15) is 23.4 Å². The fraction of sp³-hybridized carbons (Fsp3) is 0.500. The Balaban J connectivity index is 1.40. The number of nitrogens with zero attached hydrogens (tertiary/aromatic N) is 4. The molecule has 1 N–H and O–H groups in total. The number of halogens is 3. The third kappa shape index (κ3) is 4.47. The predicted molar refractivity (Wildman–Crippen MR) is 112 cm³/mol. The van der Waals surface area contributed by atoms with Gasteiger partial charge in [0.1, 0.15) is 17.4 Å². The third-order valence-electron chi connectivity index (χ3n) is 5.84. The van der Waals surface area contributed by atoms with E-state index in [0.717, 1.165) is 5.69 Å². The number of hydrogen-bond donors (Lipinski definition) is 1. The first-order chi connectivity index (χ1) is 16.3. The van der Waals surface area contributed by atoms with Crippen LogP contribution < -0.4 is 5.32 Å². The van der Waals surface area contributed by atoms with Crippen molar-refractivity contribution in [2.75, 3.05) is 26.4 Å². The SMILES string of the molecule is Cc1ccn(CCNC(=O)c2oc3c(c2C(F)(F)F)-c2nn(C[C@H]4COCCO4)cc2CC3)n1. The number of nitrogens with one attached hydrogen (secondary N) is 1. The first-order valence-corrected chi connectivity index (χ1v) is 11.1. The normalized spacial score (nSPS) is 17.9. The van der Waals surface area contributed by atoms with Crippen LogP contribution in [0, 0.1) is 6.92 Å². The van der Waals surface area contributed by atoms with Crippen molar-refractivity contribution in [3.05, 3.63) is 46.8 Å². The molecule has 5 rings (SSSR count). The van der Waals surface area contributed by atoms with Crippen LogP contribution in [0.1, 0.15) is 33.1 Å². The number of fused-ring (bicyclic) bond motifs is 3. The van der Waals surface area contributed by atoms with Gasteiger partial charge in [-0.1, -0.05) is 0 Å². The molecule has 1 atom stereocenters. The molecule has 3 aromatic rings. The standard InChI is InChI=1S/C22H24F3N5O4/c1-13-4-6-29(27-13)7-5-26-21(31)20-18(22(23,24)25)17-16(34-20)3-2-14-10-30(28-19(14)17)11-15-12-32-8-9-33-15/h4,6,10,15H,2-3,5,7-9,11-12H2,1H3,(H,26,31)/t15-/m0/s1. The van der Waals surface area contributed by atoms with Crippen molar-refractivity contribution >= 4 is 5.91 Å². The second kappa shape index (κ2) is 8.91. The smallest absolute Gasteiger partial charge is 0.420 e. The number of furan rings is 1. The van der Waals surface area contributed by atoms with Crippen molar-refractivity contribution in [2.24, 2.45) is 0 Å². The van der Waals surface area contributed by atoms with Crippen LogP contribution in [-0.2, 0) is 41.6 Å². The summed E-state index contributed by atoms with van der Waals surface area (Å²) in [4.78, 5) is 12.7. The maximum absolute atomic E-state index is 14.2. The average molecular weight is 479 g/mol.